The summed E-state index contributed by atoms with van der Waals surface area (Å²) in [5.74, 6) is -2.29. The number of aliphatic hydroxyl groups is 2. The van der Waals surface area contributed by atoms with Crippen molar-refractivity contribution in [3.63, 3.8) is 0 Å². The van der Waals surface area contributed by atoms with Gasteiger partial charge in [0.1, 0.15) is 0 Å². The quantitative estimate of drug-likeness (QED) is 0.164. The molecule has 0 heterocycles. The van der Waals surface area contributed by atoms with Crippen molar-refractivity contribution in [2.24, 2.45) is 5.92 Å². The predicted molar refractivity (Wildman–Crippen MR) is 125 cm³/mol. The number of hydrogen-bond acceptors (Lipinski definition) is 6. The topological polar surface area (TPSA) is 121 Å². The van der Waals surface area contributed by atoms with E-state index >= 15 is 0 Å². The number of rotatable bonds is 17. The normalized spacial score (nSPS) is 11.2. The molecule has 0 radical (unpaired) electrons. The molecule has 31 heavy (non-hydrogen) atoms. The van der Waals surface area contributed by atoms with E-state index in [9.17, 15) is 24.9 Å². The molecule has 0 saturated carbocycles. The SMILES string of the molecule is CC(C)CCCCCC(O)CCCO.CCC[CH2][Sn+2][CH2]CCC.O=C([O-])C=CC(=O)[O-]. The number of hydrogen-bond donors (Lipinski definition) is 2. The molecular formula is C24H46O6Sn. The second kappa shape index (κ2) is 29.4. The molecule has 0 amide bonds. The molecule has 2 N–H and O–H groups in total. The molecule has 0 spiro atoms. The van der Waals surface area contributed by atoms with Gasteiger partial charge in [-0.3, -0.25) is 0 Å². The molecule has 6 nitrogen and oxygen atoms in total. The molecule has 0 aromatic heterocycles. The Morgan fingerprint density at radius 1 is 0.806 bits per heavy atom. The first-order valence-electron chi connectivity index (χ1n) is 11.8. The summed E-state index contributed by atoms with van der Waals surface area (Å²) < 4.78 is 3.25. The van der Waals surface area contributed by atoms with Gasteiger partial charge in [0.2, 0.25) is 0 Å². The monoisotopic (exact) mass is 550 g/mol. The van der Waals surface area contributed by atoms with E-state index < -0.39 is 11.9 Å². The van der Waals surface area contributed by atoms with Gasteiger partial charge >= 0.3 is 69.5 Å². The van der Waals surface area contributed by atoms with E-state index in [-0.39, 0.29) is 33.9 Å². The Balaban J connectivity index is -0.000000401. The fourth-order valence-corrected chi connectivity index (χ4v) is 6.60. The Kier molecular flexibility index (Phi) is 33.2. The van der Waals surface area contributed by atoms with Gasteiger partial charge in [-0.2, -0.15) is 0 Å². The Labute approximate surface area is 200 Å². The Bertz CT molecular complexity index is 391. The van der Waals surface area contributed by atoms with E-state index in [1.54, 1.807) is 8.87 Å². The van der Waals surface area contributed by atoms with Gasteiger partial charge in [-0.1, -0.05) is 39.5 Å². The van der Waals surface area contributed by atoms with E-state index in [0.29, 0.717) is 12.2 Å². The molecule has 0 aromatic rings. The van der Waals surface area contributed by atoms with Crippen LogP contribution in [0.1, 0.15) is 98.3 Å². The molecule has 0 aliphatic rings. The third-order valence-electron chi connectivity index (χ3n) is 4.28. The van der Waals surface area contributed by atoms with Crippen LogP contribution in [0.5, 0.6) is 0 Å². The first-order valence-corrected chi connectivity index (χ1v) is 15.8. The standard InChI is InChI=1S/C12H26O2.C4H4O4.2C4H9.Sn/c1-11(2)7-4-3-5-8-12(14)9-6-10-13;5-3(6)1-2-4(7)8;2*1-3-4-2;/h11-14H,3-10H2,1-2H3;1-2H,(H,5,6)(H,7,8);2*1,3-4H2,2H3;/q;;;;+2/p-2. The fraction of sp³-hybridized carbons (Fsp3) is 0.833. The maximum Gasteiger partial charge on any atom is 0.0643 e. The summed E-state index contributed by atoms with van der Waals surface area (Å²) in [5, 5.41) is 36.9. The average molecular weight is 549 g/mol. The summed E-state index contributed by atoms with van der Waals surface area (Å²) in [4.78, 5) is 18.8. The van der Waals surface area contributed by atoms with Crippen LogP contribution in [0.4, 0.5) is 0 Å². The third kappa shape index (κ3) is 44.0. The van der Waals surface area contributed by atoms with Crippen molar-refractivity contribution in [3.05, 3.63) is 12.2 Å². The maximum atomic E-state index is 9.48. The van der Waals surface area contributed by atoms with E-state index in [2.05, 4.69) is 27.7 Å². The van der Waals surface area contributed by atoms with Crippen LogP contribution in [-0.2, 0) is 9.59 Å². The first kappa shape index (κ1) is 35.0. The van der Waals surface area contributed by atoms with Crippen molar-refractivity contribution >= 4 is 33.1 Å². The van der Waals surface area contributed by atoms with Gasteiger partial charge in [0, 0.05) is 6.61 Å². The van der Waals surface area contributed by atoms with Crippen LogP contribution in [0.15, 0.2) is 12.2 Å². The molecule has 1 atom stereocenters. The Morgan fingerprint density at radius 2 is 1.26 bits per heavy atom. The van der Waals surface area contributed by atoms with Crippen LogP contribution in [0, 0.1) is 5.92 Å². The van der Waals surface area contributed by atoms with E-state index in [0.717, 1.165) is 31.6 Å². The maximum absolute atomic E-state index is 9.48. The molecule has 7 heteroatoms. The molecule has 0 aliphatic carbocycles. The molecule has 0 rings (SSSR count). The van der Waals surface area contributed by atoms with Gasteiger partial charge in [0.25, 0.3) is 0 Å². The summed E-state index contributed by atoms with van der Waals surface area (Å²) in [6.45, 7) is 9.27. The van der Waals surface area contributed by atoms with Gasteiger partial charge in [0.15, 0.2) is 0 Å². The van der Waals surface area contributed by atoms with Crippen LogP contribution in [0.3, 0.4) is 0 Å². The molecule has 0 bridgehead atoms. The number of carbonyl (C=O) groups excluding carboxylic acids is 2. The minimum Gasteiger partial charge on any atom is -0.545 e. The van der Waals surface area contributed by atoms with E-state index in [1.165, 1.54) is 44.9 Å². The number of carboxylic acids is 2. The minimum atomic E-state index is -1.55. The minimum absolute atomic E-state index is 0.149. The first-order chi connectivity index (χ1) is 14.7. The molecule has 0 aromatic carbocycles. The largest absolute Gasteiger partial charge is 0.545 e. The van der Waals surface area contributed by atoms with Crippen LogP contribution in [0.25, 0.3) is 0 Å². The zero-order valence-electron chi connectivity index (χ0n) is 20.2. The predicted octanol–water partition coefficient (Wildman–Crippen LogP) is 2.90. The van der Waals surface area contributed by atoms with Crippen molar-refractivity contribution in [3.8, 4) is 0 Å². The number of aliphatic carboxylic acids is 2. The second-order valence-corrected chi connectivity index (χ2v) is 12.3. The number of aliphatic hydroxyl groups excluding tert-OH is 2. The zero-order valence-corrected chi connectivity index (χ0v) is 23.1. The number of carbonyl (C=O) groups is 2. The van der Waals surface area contributed by atoms with Gasteiger partial charge in [-0.15, -0.1) is 0 Å². The van der Waals surface area contributed by atoms with Crippen molar-refractivity contribution in [2.45, 2.75) is 113 Å². The zero-order chi connectivity index (χ0) is 24.3. The van der Waals surface area contributed by atoms with Gasteiger partial charge < -0.3 is 30.0 Å². The second-order valence-electron chi connectivity index (χ2n) is 7.98. The van der Waals surface area contributed by atoms with Crippen molar-refractivity contribution in [2.75, 3.05) is 6.61 Å². The summed E-state index contributed by atoms with van der Waals surface area (Å²) in [7, 11) is 0. The summed E-state index contributed by atoms with van der Waals surface area (Å²) >= 11 is 0.149. The summed E-state index contributed by atoms with van der Waals surface area (Å²) in [6, 6.07) is 0. The third-order valence-corrected chi connectivity index (χ3v) is 8.32. The summed E-state index contributed by atoms with van der Waals surface area (Å²) in [6.07, 6.45) is 13.7. The Hall–Kier alpha value is -0.601. The molecule has 0 aliphatic heterocycles. The molecule has 1 unspecified atom stereocenters. The fourth-order valence-electron chi connectivity index (χ4n) is 2.45. The van der Waals surface area contributed by atoms with Gasteiger partial charge in [-0.25, -0.2) is 0 Å². The number of unbranched alkanes of at least 4 members (excludes halogenated alkanes) is 4. The smallest absolute Gasteiger partial charge is 0.0643 e. The van der Waals surface area contributed by atoms with Crippen molar-refractivity contribution < 1.29 is 30.0 Å². The average Bonchev–Trinajstić information content (AvgIpc) is 2.71. The molecule has 0 fully saturated rings. The molecular weight excluding hydrogens is 503 g/mol. The molecule has 0 saturated heterocycles. The van der Waals surface area contributed by atoms with Crippen LogP contribution in [-0.4, -0.2) is 56.0 Å². The summed E-state index contributed by atoms with van der Waals surface area (Å²) in [5.41, 5.74) is 0. The van der Waals surface area contributed by atoms with Crippen LogP contribution in [0.2, 0.25) is 8.87 Å². The van der Waals surface area contributed by atoms with Gasteiger partial charge in [-0.05, 0) is 37.3 Å². The van der Waals surface area contributed by atoms with Crippen LogP contribution < -0.4 is 10.2 Å². The van der Waals surface area contributed by atoms with E-state index in [1.807, 2.05) is 0 Å². The van der Waals surface area contributed by atoms with Crippen LogP contribution >= 0.6 is 0 Å². The molecule has 182 valence electrons. The van der Waals surface area contributed by atoms with Crippen molar-refractivity contribution in [1.29, 1.82) is 0 Å². The van der Waals surface area contributed by atoms with Crippen molar-refractivity contribution in [1.82, 2.24) is 0 Å². The van der Waals surface area contributed by atoms with Gasteiger partial charge in [0.05, 0.1) is 18.0 Å². The Morgan fingerprint density at radius 3 is 1.65 bits per heavy atom. The number of carboxylic acid groups (broad SMARTS) is 2. The van der Waals surface area contributed by atoms with E-state index in [4.69, 9.17) is 5.11 Å².